The molecule has 152 valence electrons. The van der Waals surface area contributed by atoms with Crippen molar-refractivity contribution in [1.29, 1.82) is 0 Å². The summed E-state index contributed by atoms with van der Waals surface area (Å²) >= 11 is 0. The van der Waals surface area contributed by atoms with Crippen LogP contribution >= 0.6 is 0 Å². The summed E-state index contributed by atoms with van der Waals surface area (Å²) in [6, 6.07) is 9.44. The number of hydrogen-bond donors (Lipinski definition) is 1. The van der Waals surface area contributed by atoms with Gasteiger partial charge in [0.05, 0.1) is 6.54 Å². The van der Waals surface area contributed by atoms with Crippen molar-refractivity contribution in [2.75, 3.05) is 18.0 Å². The second-order valence-corrected chi connectivity index (χ2v) is 9.22. The SMILES string of the molecule is CC.CC1(C)CN(C(=O)NC2CC3CC4C[C@H](C2)N3CC4=O)c2ccccc21. The predicted molar refractivity (Wildman–Crippen MR) is 112 cm³/mol. The number of benzene rings is 1. The summed E-state index contributed by atoms with van der Waals surface area (Å²) in [7, 11) is 0. The van der Waals surface area contributed by atoms with E-state index >= 15 is 0 Å². The number of rotatable bonds is 1. The summed E-state index contributed by atoms with van der Waals surface area (Å²) in [5.41, 5.74) is 2.28. The number of fused-ring (bicyclic) bond motifs is 2. The Morgan fingerprint density at radius 3 is 2.36 bits per heavy atom. The molecule has 5 atom stereocenters. The van der Waals surface area contributed by atoms with Crippen molar-refractivity contribution in [3.05, 3.63) is 29.8 Å². The van der Waals surface area contributed by atoms with Crippen LogP contribution in [0.25, 0.3) is 0 Å². The molecule has 5 heterocycles. The van der Waals surface area contributed by atoms with E-state index in [4.69, 9.17) is 0 Å². The molecule has 4 fully saturated rings. The van der Waals surface area contributed by atoms with E-state index in [1.165, 1.54) is 5.56 Å². The van der Waals surface area contributed by atoms with Gasteiger partial charge in [0.15, 0.2) is 0 Å². The summed E-state index contributed by atoms with van der Waals surface area (Å²) in [6.07, 6.45) is 3.93. The summed E-state index contributed by atoms with van der Waals surface area (Å²) in [4.78, 5) is 29.3. The van der Waals surface area contributed by atoms with E-state index in [0.717, 1.165) is 37.9 Å². The zero-order valence-electron chi connectivity index (χ0n) is 17.6. The molecule has 28 heavy (non-hydrogen) atoms. The van der Waals surface area contributed by atoms with Gasteiger partial charge >= 0.3 is 6.03 Å². The van der Waals surface area contributed by atoms with Crippen molar-refractivity contribution in [3.8, 4) is 0 Å². The third kappa shape index (κ3) is 3.14. The third-order valence-electron chi connectivity index (χ3n) is 7.01. The lowest BCUT2D eigenvalue weighted by Crippen LogP contribution is -2.65. The molecule has 4 bridgehead atoms. The fourth-order valence-corrected chi connectivity index (χ4v) is 5.77. The number of nitrogens with zero attached hydrogens (tertiary/aromatic N) is 2. The standard InChI is InChI=1S/C21H27N3O2.C2H6/c1-21(2)12-24(18-6-4-3-5-17(18)21)20(26)22-14-9-15-7-13-8-16(10-14)23(15)11-19(13)25;1-2/h3-6,13-16H,7-12H2,1-2H3,(H,22,26);1-2H3/t13?,14?,15-,16?;/m1./s1. The minimum absolute atomic E-state index is 0.0117. The van der Waals surface area contributed by atoms with Gasteiger partial charge in [-0.15, -0.1) is 0 Å². The minimum Gasteiger partial charge on any atom is -0.335 e. The molecule has 1 aromatic carbocycles. The Balaban J connectivity index is 0.000000932. The van der Waals surface area contributed by atoms with Gasteiger partial charge in [-0.05, 0) is 37.3 Å². The van der Waals surface area contributed by atoms with Crippen LogP contribution in [-0.4, -0.2) is 47.9 Å². The van der Waals surface area contributed by atoms with Gasteiger partial charge in [-0.2, -0.15) is 0 Å². The number of ketones is 1. The lowest BCUT2D eigenvalue weighted by Gasteiger charge is -2.54. The van der Waals surface area contributed by atoms with Gasteiger partial charge in [-0.25, -0.2) is 4.79 Å². The molecule has 0 aromatic heterocycles. The summed E-state index contributed by atoms with van der Waals surface area (Å²) < 4.78 is 0. The normalized spacial score (nSPS) is 34.4. The molecule has 0 aliphatic carbocycles. The van der Waals surface area contributed by atoms with Crippen LogP contribution in [0.1, 0.15) is 58.9 Å². The van der Waals surface area contributed by atoms with Crippen LogP contribution in [0.15, 0.2) is 24.3 Å². The third-order valence-corrected chi connectivity index (χ3v) is 7.01. The topological polar surface area (TPSA) is 52.7 Å². The van der Waals surface area contributed by atoms with E-state index in [0.29, 0.717) is 24.4 Å². The summed E-state index contributed by atoms with van der Waals surface area (Å²) in [6.45, 7) is 9.76. The van der Waals surface area contributed by atoms with Crippen LogP contribution < -0.4 is 10.2 Å². The van der Waals surface area contributed by atoms with E-state index in [1.54, 1.807) is 0 Å². The summed E-state index contributed by atoms with van der Waals surface area (Å²) in [5, 5.41) is 3.31. The van der Waals surface area contributed by atoms with Crippen molar-refractivity contribution in [2.24, 2.45) is 5.92 Å². The van der Waals surface area contributed by atoms with Gasteiger partial charge in [0.25, 0.3) is 0 Å². The lowest BCUT2D eigenvalue weighted by atomic mass is 9.71. The Kier molecular flexibility index (Phi) is 4.98. The van der Waals surface area contributed by atoms with Gasteiger partial charge in [0.2, 0.25) is 0 Å². The van der Waals surface area contributed by atoms with Gasteiger partial charge in [-0.1, -0.05) is 45.9 Å². The number of nitrogens with one attached hydrogen (secondary N) is 1. The highest BCUT2D eigenvalue weighted by atomic mass is 16.2. The second-order valence-electron chi connectivity index (χ2n) is 9.22. The zero-order valence-corrected chi connectivity index (χ0v) is 17.6. The average molecular weight is 384 g/mol. The molecule has 1 aromatic rings. The number of urea groups is 1. The van der Waals surface area contributed by atoms with Crippen LogP contribution in [0, 0.1) is 5.92 Å². The average Bonchev–Trinajstić information content (AvgIpc) is 2.95. The number of para-hydroxylation sites is 1. The van der Waals surface area contributed by atoms with Gasteiger partial charge in [0, 0.05) is 41.7 Å². The molecule has 6 rings (SSSR count). The van der Waals surface area contributed by atoms with Crippen molar-refractivity contribution in [1.82, 2.24) is 10.2 Å². The Hall–Kier alpha value is -1.88. The largest absolute Gasteiger partial charge is 0.335 e. The maximum atomic E-state index is 13.0. The molecule has 5 nitrogen and oxygen atoms in total. The van der Waals surface area contributed by atoms with Crippen molar-refractivity contribution in [3.63, 3.8) is 0 Å². The number of piperidine rings is 4. The first-order chi connectivity index (χ1) is 13.4. The van der Waals surface area contributed by atoms with Gasteiger partial charge < -0.3 is 5.32 Å². The number of amides is 2. The fourth-order valence-electron chi connectivity index (χ4n) is 5.77. The van der Waals surface area contributed by atoms with Gasteiger partial charge in [0.1, 0.15) is 5.78 Å². The molecule has 5 aliphatic heterocycles. The van der Waals surface area contributed by atoms with E-state index in [9.17, 15) is 9.59 Å². The Labute approximate surface area is 168 Å². The molecule has 4 saturated heterocycles. The van der Waals surface area contributed by atoms with E-state index in [2.05, 4.69) is 42.3 Å². The Morgan fingerprint density at radius 2 is 1.71 bits per heavy atom. The zero-order chi connectivity index (χ0) is 20.1. The first kappa shape index (κ1) is 19.4. The van der Waals surface area contributed by atoms with Crippen molar-refractivity contribution >= 4 is 17.5 Å². The van der Waals surface area contributed by atoms with Crippen LogP contribution in [0.4, 0.5) is 10.5 Å². The quantitative estimate of drug-likeness (QED) is 0.804. The molecular formula is C23H33N3O2. The monoisotopic (exact) mass is 383 g/mol. The minimum atomic E-state index is -0.0117. The van der Waals surface area contributed by atoms with Crippen LogP contribution in [0.2, 0.25) is 0 Å². The number of carbonyl (C=O) groups excluding carboxylic acids is 2. The molecule has 5 heteroatoms. The van der Waals surface area contributed by atoms with E-state index < -0.39 is 0 Å². The predicted octanol–water partition coefficient (Wildman–Crippen LogP) is 3.71. The number of anilines is 1. The van der Waals surface area contributed by atoms with Crippen LogP contribution in [0.3, 0.4) is 0 Å². The van der Waals surface area contributed by atoms with Crippen molar-refractivity contribution < 1.29 is 9.59 Å². The van der Waals surface area contributed by atoms with Crippen molar-refractivity contribution in [2.45, 2.75) is 76.9 Å². The highest BCUT2D eigenvalue weighted by Crippen LogP contribution is 2.42. The maximum Gasteiger partial charge on any atom is 0.322 e. The van der Waals surface area contributed by atoms with Gasteiger partial charge in [-0.3, -0.25) is 14.6 Å². The number of hydrogen-bond acceptors (Lipinski definition) is 3. The number of Topliss-reactive ketones (excluding diaryl/α,β-unsaturated/α-hetero) is 1. The lowest BCUT2D eigenvalue weighted by molar-refractivity contribution is -0.141. The first-order valence-electron chi connectivity index (χ1n) is 10.9. The highest BCUT2D eigenvalue weighted by molar-refractivity contribution is 5.95. The van der Waals surface area contributed by atoms with E-state index in [-0.39, 0.29) is 23.4 Å². The molecule has 5 aliphatic rings. The molecule has 0 spiro atoms. The Bertz CT molecular complexity index is 759. The molecule has 0 saturated carbocycles. The molecule has 0 radical (unpaired) electrons. The smallest absolute Gasteiger partial charge is 0.322 e. The second kappa shape index (κ2) is 7.18. The summed E-state index contributed by atoms with van der Waals surface area (Å²) in [5.74, 6) is 0.703. The molecule has 2 amide bonds. The fraction of sp³-hybridized carbons (Fsp3) is 0.652. The van der Waals surface area contributed by atoms with Crippen LogP contribution in [-0.2, 0) is 10.2 Å². The first-order valence-corrected chi connectivity index (χ1v) is 10.9. The van der Waals surface area contributed by atoms with E-state index in [1.807, 2.05) is 24.8 Å². The molecular weight excluding hydrogens is 350 g/mol. The highest BCUT2D eigenvalue weighted by Gasteiger charge is 2.49. The molecule has 1 N–H and O–H groups in total. The Morgan fingerprint density at radius 1 is 1.07 bits per heavy atom. The molecule has 4 unspecified atom stereocenters. The number of carbonyl (C=O) groups is 2. The van der Waals surface area contributed by atoms with Crippen LogP contribution in [0.5, 0.6) is 0 Å². The maximum absolute atomic E-state index is 13.0.